The van der Waals surface area contributed by atoms with E-state index in [1.165, 1.54) is 24.2 Å². The molecule has 3 aromatic rings. The van der Waals surface area contributed by atoms with Gasteiger partial charge in [-0.15, -0.1) is 11.3 Å². The summed E-state index contributed by atoms with van der Waals surface area (Å²) in [5.41, 5.74) is 12.0. The number of benzene rings is 1. The number of thiophene rings is 1. The molecule has 0 atom stereocenters. The van der Waals surface area contributed by atoms with E-state index in [-0.39, 0.29) is 17.2 Å². The molecule has 3 aliphatic rings. The van der Waals surface area contributed by atoms with E-state index in [1.54, 1.807) is 11.0 Å². The number of aliphatic imine (C=N–C) groups is 1. The third kappa shape index (κ3) is 9.40. The van der Waals surface area contributed by atoms with Gasteiger partial charge < -0.3 is 34.9 Å². The van der Waals surface area contributed by atoms with Gasteiger partial charge in [-0.25, -0.2) is 4.99 Å². The Kier molecular flexibility index (Phi) is 14.4. The highest BCUT2D eigenvalue weighted by atomic mass is 32.1. The zero-order chi connectivity index (χ0) is 38.8. The number of morpholine rings is 1. The fraction of sp³-hybridized carbons (Fsp3) is 0.476. The Morgan fingerprint density at radius 3 is 2.50 bits per heavy atom. The predicted molar refractivity (Wildman–Crippen MR) is 220 cm³/mol. The molecule has 1 aromatic carbocycles. The Morgan fingerprint density at radius 1 is 1.11 bits per heavy atom. The van der Waals surface area contributed by atoms with E-state index in [0.717, 1.165) is 71.6 Å². The molecule has 1 aliphatic carbocycles. The molecule has 11 nitrogen and oxygen atoms in total. The Morgan fingerprint density at radius 2 is 1.85 bits per heavy atom. The number of amides is 2. The van der Waals surface area contributed by atoms with Crippen LogP contribution in [0.4, 0.5) is 5.88 Å². The van der Waals surface area contributed by atoms with Gasteiger partial charge in [-0.05, 0) is 62.8 Å². The van der Waals surface area contributed by atoms with Crippen molar-refractivity contribution in [2.24, 2.45) is 10.7 Å². The van der Waals surface area contributed by atoms with E-state index in [9.17, 15) is 14.4 Å². The van der Waals surface area contributed by atoms with Gasteiger partial charge >= 0.3 is 0 Å². The average molecular weight is 757 g/mol. The molecule has 1 saturated carbocycles. The van der Waals surface area contributed by atoms with Gasteiger partial charge in [0.2, 0.25) is 5.43 Å². The highest BCUT2D eigenvalue weighted by Gasteiger charge is 2.37. The fourth-order valence-corrected chi connectivity index (χ4v) is 8.00. The van der Waals surface area contributed by atoms with Crippen molar-refractivity contribution in [1.82, 2.24) is 15.1 Å². The van der Waals surface area contributed by atoms with E-state index in [2.05, 4.69) is 36.2 Å². The molecule has 2 amide bonds. The number of ether oxygens (including phenoxy) is 1. The van der Waals surface area contributed by atoms with Crippen molar-refractivity contribution >= 4 is 45.2 Å². The summed E-state index contributed by atoms with van der Waals surface area (Å²) in [5, 5.41) is 4.76. The lowest BCUT2D eigenvalue weighted by Crippen LogP contribution is -2.40. The maximum atomic E-state index is 12.9. The van der Waals surface area contributed by atoms with Crippen LogP contribution in [0.5, 0.6) is 0 Å². The third-order valence-electron chi connectivity index (χ3n) is 9.79. The number of likely N-dealkylation sites (N-methyl/N-ethyl adjacent to an activating group) is 1. The van der Waals surface area contributed by atoms with Gasteiger partial charge in [0.05, 0.1) is 13.2 Å². The van der Waals surface area contributed by atoms with Crippen molar-refractivity contribution in [2.45, 2.75) is 78.7 Å². The van der Waals surface area contributed by atoms with Crippen LogP contribution in [0, 0.1) is 0 Å². The molecule has 2 aromatic heterocycles. The molecular formula is C42H56N6O5S. The molecule has 3 N–H and O–H groups in total. The van der Waals surface area contributed by atoms with Crippen molar-refractivity contribution in [3.05, 3.63) is 86.2 Å². The van der Waals surface area contributed by atoms with E-state index in [0.29, 0.717) is 67.2 Å². The number of anilines is 1. The number of nitrogens with zero attached hydrogens (tertiary/aromatic N) is 4. The minimum Gasteiger partial charge on any atom is -0.439 e. The van der Waals surface area contributed by atoms with Gasteiger partial charge in [-0.2, -0.15) is 0 Å². The molecule has 1 saturated heterocycles. The van der Waals surface area contributed by atoms with Crippen LogP contribution >= 0.6 is 11.3 Å². The van der Waals surface area contributed by atoms with Gasteiger partial charge in [-0.3, -0.25) is 14.4 Å². The Balaban J connectivity index is 0.000000218. The Bertz CT molecular complexity index is 1980. The van der Waals surface area contributed by atoms with Crippen molar-refractivity contribution in [1.29, 1.82) is 0 Å². The summed E-state index contributed by atoms with van der Waals surface area (Å²) < 4.78 is 12.2. The van der Waals surface area contributed by atoms with E-state index >= 15 is 0 Å². The molecule has 0 bridgehead atoms. The molecular weight excluding hydrogens is 701 g/mol. The number of amidine groups is 1. The summed E-state index contributed by atoms with van der Waals surface area (Å²) >= 11 is 1.34. The first kappa shape index (κ1) is 40.7. The topological polar surface area (TPSA) is 134 Å². The van der Waals surface area contributed by atoms with Crippen LogP contribution in [-0.4, -0.2) is 87.0 Å². The van der Waals surface area contributed by atoms with Crippen molar-refractivity contribution in [3.63, 3.8) is 0 Å². The van der Waals surface area contributed by atoms with Gasteiger partial charge in [0.15, 0.2) is 11.5 Å². The molecule has 0 radical (unpaired) electrons. The number of fused-ring (bicyclic) bond motifs is 1. The number of nitrogens with two attached hydrogens (primary N) is 1. The van der Waals surface area contributed by atoms with Crippen LogP contribution in [0.25, 0.3) is 21.4 Å². The number of rotatable bonds is 11. The zero-order valence-corrected chi connectivity index (χ0v) is 33.5. The molecule has 6 rings (SSSR count). The number of nitrogens with one attached hydrogen (secondary N) is 1. The summed E-state index contributed by atoms with van der Waals surface area (Å²) in [4.78, 5) is 49.1. The normalized spacial score (nSPS) is 18.0. The third-order valence-corrected chi connectivity index (χ3v) is 10.8. The standard InChI is InChI=1S/C23H27N3O4S.C19H29N3O/c1-2-3-15-4-5-16(17(12-15)23(28)25-7-6-24)18-14-31-22-19(27)13-20(30-21(18)22)26-8-10-29-11-9-26;1-6-10-14(3)20-18-15(7-2)13-17(19(23)21(4)5)22(18)16-11-8-9-12-16/h4-5,12-14H,2-3,6-11,24H2,1H3,(H,25,28);7,10,13,16H,6,8-9,11-12H2,1-5H3/b;14-10-,15-7-,20-18+. The molecule has 0 unspecified atom stereocenters. The zero-order valence-electron chi connectivity index (χ0n) is 32.7. The van der Waals surface area contributed by atoms with Crippen molar-refractivity contribution in [2.75, 3.05) is 58.4 Å². The number of carbonyl (C=O) groups excluding carboxylic acids is 2. The smallest absolute Gasteiger partial charge is 0.270 e. The van der Waals surface area contributed by atoms with Gasteiger partial charge in [0, 0.05) is 80.2 Å². The fourth-order valence-electron chi connectivity index (χ4n) is 7.09. The number of allylic oxidation sites excluding steroid dienone is 3. The highest BCUT2D eigenvalue weighted by molar-refractivity contribution is 7.17. The van der Waals surface area contributed by atoms with E-state index < -0.39 is 0 Å². The number of aryl methyl sites for hydroxylation is 1. The van der Waals surface area contributed by atoms with Crippen molar-refractivity contribution < 1.29 is 18.7 Å². The maximum absolute atomic E-state index is 12.9. The monoisotopic (exact) mass is 756 g/mol. The van der Waals surface area contributed by atoms with Crippen LogP contribution in [0.15, 0.2) is 79.0 Å². The van der Waals surface area contributed by atoms with Crippen LogP contribution in [-0.2, 0) is 16.0 Å². The average Bonchev–Trinajstić information content (AvgIpc) is 3.94. The molecule has 290 valence electrons. The summed E-state index contributed by atoms with van der Waals surface area (Å²) in [6.07, 6.45) is 13.7. The quantitative estimate of drug-likeness (QED) is 0.217. The molecule has 12 heteroatoms. The van der Waals surface area contributed by atoms with Gasteiger partial charge in [0.1, 0.15) is 16.2 Å². The molecule has 54 heavy (non-hydrogen) atoms. The van der Waals surface area contributed by atoms with Crippen LogP contribution in [0.2, 0.25) is 0 Å². The first-order valence-electron chi connectivity index (χ1n) is 19.3. The number of hydrogen-bond donors (Lipinski definition) is 2. The molecule has 0 spiro atoms. The van der Waals surface area contributed by atoms with Crippen LogP contribution < -0.4 is 21.4 Å². The lowest BCUT2D eigenvalue weighted by atomic mass is 9.96. The molecule has 2 aliphatic heterocycles. The summed E-state index contributed by atoms with van der Waals surface area (Å²) in [6.45, 7) is 11.6. The second kappa shape index (κ2) is 19.2. The van der Waals surface area contributed by atoms with Gasteiger partial charge in [0.25, 0.3) is 11.8 Å². The summed E-state index contributed by atoms with van der Waals surface area (Å²) in [6, 6.07) is 7.85. The van der Waals surface area contributed by atoms with Gasteiger partial charge in [-0.1, -0.05) is 57.4 Å². The molecule has 2 fully saturated rings. The minimum atomic E-state index is -0.176. The second-order valence-corrected chi connectivity index (χ2v) is 14.9. The largest absolute Gasteiger partial charge is 0.439 e. The minimum absolute atomic E-state index is 0.0542. The number of hydrogen-bond acceptors (Lipinski definition) is 9. The first-order valence-corrected chi connectivity index (χ1v) is 20.1. The van der Waals surface area contributed by atoms with Crippen LogP contribution in [0.1, 0.15) is 82.1 Å². The molecule has 4 heterocycles. The SMILES string of the molecule is C/C=C1/C=C(C(=O)N(C)C)N(C2CCCC2)/C1=N/C(C)=C\CC.CCCc1ccc(-c2csc3c(=O)cc(N4CCOCC4)oc23)c(C(=O)NCCN)c1. The Hall–Kier alpha value is -4.52. The van der Waals surface area contributed by atoms with Crippen LogP contribution in [0.3, 0.4) is 0 Å². The first-order chi connectivity index (χ1) is 26.1. The number of carbonyl (C=O) groups is 2. The maximum Gasteiger partial charge on any atom is 0.270 e. The lowest BCUT2D eigenvalue weighted by Gasteiger charge is -2.30. The van der Waals surface area contributed by atoms with E-state index in [1.807, 2.05) is 62.5 Å². The summed E-state index contributed by atoms with van der Waals surface area (Å²) in [5.74, 6) is 1.35. The Labute approximate surface area is 323 Å². The lowest BCUT2D eigenvalue weighted by molar-refractivity contribution is -0.126. The highest BCUT2D eigenvalue weighted by Crippen LogP contribution is 2.37. The second-order valence-electron chi connectivity index (χ2n) is 14.0. The summed E-state index contributed by atoms with van der Waals surface area (Å²) in [7, 11) is 3.62. The predicted octanol–water partition coefficient (Wildman–Crippen LogP) is 6.87. The van der Waals surface area contributed by atoms with E-state index in [4.69, 9.17) is 19.9 Å². The van der Waals surface area contributed by atoms with Crippen molar-refractivity contribution in [3.8, 4) is 11.1 Å².